The highest BCUT2D eigenvalue weighted by Gasteiger charge is 2.59. The summed E-state index contributed by atoms with van der Waals surface area (Å²) in [6.07, 6.45) is 3.09. The van der Waals surface area contributed by atoms with Gasteiger partial charge in [-0.1, -0.05) is 16.7 Å². The van der Waals surface area contributed by atoms with E-state index in [9.17, 15) is 9.59 Å². The lowest BCUT2D eigenvalue weighted by atomic mass is 9.85. The number of carbonyl (C=O) groups excluding carboxylic acids is 2. The van der Waals surface area contributed by atoms with E-state index in [-0.39, 0.29) is 11.1 Å². The Hall–Kier alpha value is -3.24. The minimum absolute atomic E-state index is 0.0534. The van der Waals surface area contributed by atoms with E-state index in [1.165, 1.54) is 20.4 Å². The largest absolute Gasteiger partial charge is 0.494 e. The molecule has 1 spiro atoms. The Morgan fingerprint density at radius 1 is 1.24 bits per heavy atom. The molecule has 5 rings (SSSR count). The summed E-state index contributed by atoms with van der Waals surface area (Å²) in [5.41, 5.74) is 3.62. The number of benzene rings is 1. The maximum atomic E-state index is 13.5. The number of ether oxygens (including phenoxy) is 2. The molecule has 1 aromatic carbocycles. The molecule has 2 aromatic heterocycles. The number of likely N-dealkylation sites (N-methyl/N-ethyl adjacent to an activating group) is 1. The maximum absolute atomic E-state index is 13.5. The van der Waals surface area contributed by atoms with Gasteiger partial charge >= 0.3 is 0 Å². The smallest absolute Gasteiger partial charge is 0.295 e. The van der Waals surface area contributed by atoms with Crippen molar-refractivity contribution in [3.63, 3.8) is 0 Å². The lowest BCUT2D eigenvalue weighted by Crippen LogP contribution is -2.28. The third-order valence-electron chi connectivity index (χ3n) is 6.23. The molecule has 9 nitrogen and oxygen atoms in total. The molecule has 1 aliphatic carbocycles. The van der Waals surface area contributed by atoms with Crippen molar-refractivity contribution in [2.45, 2.75) is 25.2 Å². The van der Waals surface area contributed by atoms with E-state index < -0.39 is 11.3 Å². The predicted molar refractivity (Wildman–Crippen MR) is 125 cm³/mol. The molecule has 2 amide bonds. The van der Waals surface area contributed by atoms with Gasteiger partial charge in [-0.25, -0.2) is 4.98 Å². The van der Waals surface area contributed by atoms with Crippen LogP contribution in [0.1, 0.15) is 34.3 Å². The number of pyridine rings is 1. The molecule has 0 bridgehead atoms. The molecule has 1 saturated carbocycles. The molecular formula is C22H20ClN5O4S. The van der Waals surface area contributed by atoms with E-state index in [0.717, 1.165) is 41.0 Å². The fourth-order valence-electron chi connectivity index (χ4n) is 4.60. The molecule has 170 valence electrons. The Labute approximate surface area is 198 Å². The van der Waals surface area contributed by atoms with E-state index in [1.54, 1.807) is 24.1 Å². The van der Waals surface area contributed by atoms with Gasteiger partial charge in [0.2, 0.25) is 11.0 Å². The summed E-state index contributed by atoms with van der Waals surface area (Å²) < 4.78 is 10.6. The third-order valence-corrected chi connectivity index (χ3v) is 7.24. The van der Waals surface area contributed by atoms with Crippen molar-refractivity contribution in [3.05, 3.63) is 40.2 Å². The summed E-state index contributed by atoms with van der Waals surface area (Å²) >= 11 is 7.34. The molecule has 2 aliphatic rings. The van der Waals surface area contributed by atoms with Crippen LogP contribution in [-0.2, 0) is 10.2 Å². The lowest BCUT2D eigenvalue weighted by molar-refractivity contribution is -0.119. The molecule has 0 atom stereocenters. The lowest BCUT2D eigenvalue weighted by Gasteiger charge is -2.20. The van der Waals surface area contributed by atoms with Gasteiger partial charge in [0.25, 0.3) is 11.1 Å². The number of nitrogens with one attached hydrogen (secondary N) is 1. The predicted octanol–water partition coefficient (Wildman–Crippen LogP) is 3.84. The zero-order valence-electron chi connectivity index (χ0n) is 18.4. The van der Waals surface area contributed by atoms with Crippen molar-refractivity contribution in [2.24, 2.45) is 0 Å². The first-order chi connectivity index (χ1) is 15.8. The number of halogens is 1. The first kappa shape index (κ1) is 21.6. The fraction of sp³-hybridized carbons (Fsp3) is 0.318. The monoisotopic (exact) mass is 485 g/mol. The topological polar surface area (TPSA) is 107 Å². The Balaban J connectivity index is 1.73. The number of anilines is 2. The number of nitrogens with zero attached hydrogens (tertiary/aromatic N) is 4. The van der Waals surface area contributed by atoms with Crippen LogP contribution in [0.2, 0.25) is 5.15 Å². The normalized spacial score (nSPS) is 15.5. The van der Waals surface area contributed by atoms with E-state index >= 15 is 0 Å². The van der Waals surface area contributed by atoms with Crippen LogP contribution in [0.15, 0.2) is 18.3 Å². The number of hydrogen-bond donors (Lipinski definition) is 1. The molecule has 1 fully saturated rings. The second-order valence-corrected chi connectivity index (χ2v) is 9.33. The molecular weight excluding hydrogens is 466 g/mol. The number of rotatable bonds is 5. The van der Waals surface area contributed by atoms with Crippen molar-refractivity contribution >= 4 is 45.6 Å². The highest BCUT2D eigenvalue weighted by molar-refractivity contribution is 7.17. The molecule has 0 radical (unpaired) electrons. The zero-order chi connectivity index (χ0) is 23.5. The number of amides is 2. The van der Waals surface area contributed by atoms with Gasteiger partial charge in [0.15, 0.2) is 0 Å². The highest BCUT2D eigenvalue weighted by Crippen LogP contribution is 2.59. The van der Waals surface area contributed by atoms with Crippen molar-refractivity contribution in [2.75, 3.05) is 31.5 Å². The molecule has 3 heterocycles. The van der Waals surface area contributed by atoms with E-state index in [4.69, 9.17) is 21.1 Å². The Morgan fingerprint density at radius 3 is 2.64 bits per heavy atom. The minimum atomic E-state index is -0.519. The average Bonchev–Trinajstić information content (AvgIpc) is 3.42. The van der Waals surface area contributed by atoms with Crippen LogP contribution in [0.4, 0.5) is 10.8 Å². The van der Waals surface area contributed by atoms with Gasteiger partial charge in [-0.3, -0.25) is 14.9 Å². The number of fused-ring (bicyclic) bond motifs is 2. The third kappa shape index (κ3) is 3.24. The van der Waals surface area contributed by atoms with Gasteiger partial charge in [-0.2, -0.15) is 0 Å². The summed E-state index contributed by atoms with van der Waals surface area (Å²) in [6.45, 7) is 1.93. The van der Waals surface area contributed by atoms with Crippen LogP contribution in [-0.4, -0.2) is 48.3 Å². The minimum Gasteiger partial charge on any atom is -0.494 e. The standard InChI is InChI=1S/C22H20ClN5O4S/c1-10-16(11-8-15(23)24-9-14(11)31-3)12(18(29)25-20-26-27-21(32-4)33-20)7-13-17(10)22(5-6-22)19(30)28(13)2/h7-9H,5-6H2,1-4H3,(H,25,26,29). The molecule has 33 heavy (non-hydrogen) atoms. The highest BCUT2D eigenvalue weighted by atomic mass is 35.5. The summed E-state index contributed by atoms with van der Waals surface area (Å²) in [5, 5.41) is 11.5. The van der Waals surface area contributed by atoms with Crippen LogP contribution < -0.4 is 19.7 Å². The SMILES string of the molecule is COc1nnc(NC(=O)c2cc3c(c(C)c2-c2cc(Cl)ncc2OC)C2(CC2)C(=O)N3C)s1. The number of methoxy groups -OCH3 is 2. The second-order valence-electron chi connectivity index (χ2n) is 8.00. The van der Waals surface area contributed by atoms with E-state index in [2.05, 4.69) is 20.5 Å². The van der Waals surface area contributed by atoms with Gasteiger partial charge in [-0.05, 0) is 54.4 Å². The average molecular weight is 486 g/mol. The van der Waals surface area contributed by atoms with E-state index in [1.807, 2.05) is 6.92 Å². The second kappa shape index (κ2) is 7.67. The zero-order valence-corrected chi connectivity index (χ0v) is 19.9. The Kier molecular flexibility index (Phi) is 5.02. The number of hydrogen-bond acceptors (Lipinski definition) is 8. The summed E-state index contributed by atoms with van der Waals surface area (Å²) in [5.74, 6) is 0.122. The molecule has 1 N–H and O–H groups in total. The summed E-state index contributed by atoms with van der Waals surface area (Å²) in [4.78, 5) is 32.3. The first-order valence-electron chi connectivity index (χ1n) is 10.2. The van der Waals surface area contributed by atoms with Crippen molar-refractivity contribution in [3.8, 4) is 22.1 Å². The summed E-state index contributed by atoms with van der Waals surface area (Å²) in [7, 11) is 4.76. The summed E-state index contributed by atoms with van der Waals surface area (Å²) in [6, 6.07) is 3.42. The van der Waals surface area contributed by atoms with Gasteiger partial charge in [-0.15, -0.1) is 5.10 Å². The Morgan fingerprint density at radius 2 is 2.00 bits per heavy atom. The van der Waals surface area contributed by atoms with Crippen LogP contribution in [0.25, 0.3) is 11.1 Å². The first-order valence-corrected chi connectivity index (χ1v) is 11.3. The van der Waals surface area contributed by atoms with Crippen LogP contribution in [0.3, 0.4) is 0 Å². The quantitative estimate of drug-likeness (QED) is 0.547. The number of aromatic nitrogens is 3. The van der Waals surface area contributed by atoms with Gasteiger partial charge < -0.3 is 14.4 Å². The number of carbonyl (C=O) groups is 2. The molecule has 11 heteroatoms. The van der Waals surface area contributed by atoms with Crippen LogP contribution in [0, 0.1) is 6.92 Å². The molecule has 0 unspecified atom stereocenters. The van der Waals surface area contributed by atoms with Crippen LogP contribution >= 0.6 is 22.9 Å². The maximum Gasteiger partial charge on any atom is 0.295 e. The van der Waals surface area contributed by atoms with Gasteiger partial charge in [0.05, 0.1) is 31.4 Å². The van der Waals surface area contributed by atoms with Crippen LogP contribution in [0.5, 0.6) is 10.9 Å². The molecule has 1 aliphatic heterocycles. The van der Waals surface area contributed by atoms with Gasteiger partial charge in [0.1, 0.15) is 10.9 Å². The molecule has 3 aromatic rings. The fourth-order valence-corrected chi connectivity index (χ4v) is 5.32. The van der Waals surface area contributed by atoms with Gasteiger partial charge in [0, 0.05) is 23.9 Å². The van der Waals surface area contributed by atoms with Crippen molar-refractivity contribution in [1.29, 1.82) is 0 Å². The Bertz CT molecular complexity index is 1320. The van der Waals surface area contributed by atoms with Crippen molar-refractivity contribution < 1.29 is 19.1 Å². The molecule has 0 saturated heterocycles. The van der Waals surface area contributed by atoms with E-state index in [0.29, 0.717) is 32.8 Å². The van der Waals surface area contributed by atoms with Crippen molar-refractivity contribution in [1.82, 2.24) is 15.2 Å².